The minimum absolute atomic E-state index is 0.0579. The van der Waals surface area contributed by atoms with Crippen molar-refractivity contribution in [3.63, 3.8) is 0 Å². The largest absolute Gasteiger partial charge is 0.453 e. The average Bonchev–Trinajstić information content (AvgIpc) is 2.01. The molecule has 0 aromatic heterocycles. The number of hydrogen-bond acceptors (Lipinski definition) is 3. The summed E-state index contributed by atoms with van der Waals surface area (Å²) in [6, 6.07) is 0. The lowest BCUT2D eigenvalue weighted by Gasteiger charge is -2.18. The van der Waals surface area contributed by atoms with Crippen molar-refractivity contribution in [1.82, 2.24) is 0 Å². The number of ether oxygens (including phenoxy) is 2. The molecule has 1 atom stereocenters. The topological polar surface area (TPSA) is 35.5 Å². The van der Waals surface area contributed by atoms with Gasteiger partial charge in [0.15, 0.2) is 6.10 Å². The molecule has 1 fully saturated rings. The minimum atomic E-state index is -0.325. The average molecular weight is 219 g/mol. The highest BCUT2D eigenvalue weighted by atomic mass is 79.9. The Balaban J connectivity index is 2.46. The predicted molar refractivity (Wildman–Crippen MR) is 42.3 cm³/mol. The molecular weight excluding hydrogens is 212 g/mol. The highest BCUT2D eigenvalue weighted by molar-refractivity contribution is 9.11. The van der Waals surface area contributed by atoms with E-state index in [-0.39, 0.29) is 18.7 Å². The van der Waals surface area contributed by atoms with Crippen molar-refractivity contribution in [2.45, 2.75) is 6.10 Å². The molecule has 0 aromatic carbocycles. The third-order valence-electron chi connectivity index (χ3n) is 1.13. The summed E-state index contributed by atoms with van der Waals surface area (Å²) in [7, 11) is 0. The Kier molecular flexibility index (Phi) is 3.36. The Bertz CT molecular complexity index is 206. The van der Waals surface area contributed by atoms with Crippen LogP contribution in [0.2, 0.25) is 0 Å². The van der Waals surface area contributed by atoms with Crippen LogP contribution in [0.5, 0.6) is 0 Å². The fraction of sp³-hybridized carbons (Fsp3) is 0.429. The molecule has 0 saturated carbocycles. The molecule has 0 N–H and O–H groups in total. The first-order valence-corrected chi connectivity index (χ1v) is 4.03. The highest BCUT2D eigenvalue weighted by Gasteiger charge is 2.17. The van der Waals surface area contributed by atoms with Crippen molar-refractivity contribution < 1.29 is 14.3 Å². The number of rotatable bonds is 1. The van der Waals surface area contributed by atoms with Gasteiger partial charge in [-0.3, -0.25) is 0 Å². The molecule has 4 heteroatoms. The molecule has 0 spiro atoms. The van der Waals surface area contributed by atoms with Crippen LogP contribution in [0, 0.1) is 0 Å². The van der Waals surface area contributed by atoms with Crippen molar-refractivity contribution in [2.24, 2.45) is 0 Å². The van der Waals surface area contributed by atoms with Gasteiger partial charge >= 0.3 is 5.97 Å². The summed E-state index contributed by atoms with van der Waals surface area (Å²) >= 11 is 3.04. The number of halogens is 1. The molecule has 3 nitrogen and oxygen atoms in total. The van der Waals surface area contributed by atoms with Gasteiger partial charge in [-0.2, -0.15) is 0 Å². The second-order valence-electron chi connectivity index (χ2n) is 1.99. The van der Waals surface area contributed by atoms with Gasteiger partial charge in [-0.15, -0.1) is 5.73 Å². The van der Waals surface area contributed by atoms with E-state index in [0.717, 1.165) is 0 Å². The molecule has 1 aliphatic heterocycles. The van der Waals surface area contributed by atoms with Gasteiger partial charge in [0.1, 0.15) is 6.61 Å². The fourth-order valence-corrected chi connectivity index (χ4v) is 0.874. The van der Waals surface area contributed by atoms with Gasteiger partial charge in [-0.1, -0.05) is 15.9 Å². The lowest BCUT2D eigenvalue weighted by molar-refractivity contribution is -0.165. The van der Waals surface area contributed by atoms with E-state index in [2.05, 4.69) is 21.7 Å². The lowest BCUT2D eigenvalue weighted by atomic mass is 10.3. The number of esters is 1. The van der Waals surface area contributed by atoms with Crippen molar-refractivity contribution in [2.75, 3.05) is 13.2 Å². The number of hydrogen-bond donors (Lipinski definition) is 0. The molecule has 0 unspecified atom stereocenters. The number of carbonyl (C=O) groups excluding carboxylic acids is 1. The van der Waals surface area contributed by atoms with Crippen LogP contribution in [-0.4, -0.2) is 25.3 Å². The first kappa shape index (κ1) is 8.53. The third kappa shape index (κ3) is 2.89. The van der Waals surface area contributed by atoms with Crippen LogP contribution < -0.4 is 0 Å². The van der Waals surface area contributed by atoms with Gasteiger partial charge in [0.2, 0.25) is 0 Å². The molecule has 0 aliphatic carbocycles. The van der Waals surface area contributed by atoms with Gasteiger partial charge in [-0.25, -0.2) is 4.79 Å². The van der Waals surface area contributed by atoms with Crippen molar-refractivity contribution in [1.29, 1.82) is 0 Å². The van der Waals surface area contributed by atoms with Crippen LogP contribution in [-0.2, 0) is 14.3 Å². The van der Waals surface area contributed by atoms with Crippen LogP contribution in [0.3, 0.4) is 0 Å². The first-order valence-electron chi connectivity index (χ1n) is 3.11. The molecular formula is C7H7BrO3. The Hall–Kier alpha value is -0.570. The maximum atomic E-state index is 10.6. The van der Waals surface area contributed by atoms with Crippen LogP contribution in [0.4, 0.5) is 0 Å². The molecule has 1 rings (SSSR count). The van der Waals surface area contributed by atoms with Crippen LogP contribution in [0.1, 0.15) is 0 Å². The standard InChI is InChI=1S/C7H7BrO3/c8-3-1-2-6-4-10-5-7(9)11-6/h2-3,6H,4-5H2/t1?,6-/m1/s1. The fourth-order valence-electron chi connectivity index (χ4n) is 0.721. The Morgan fingerprint density at radius 1 is 1.73 bits per heavy atom. The molecule has 1 saturated heterocycles. The van der Waals surface area contributed by atoms with Crippen molar-refractivity contribution in [3.8, 4) is 0 Å². The van der Waals surface area contributed by atoms with E-state index < -0.39 is 0 Å². The van der Waals surface area contributed by atoms with E-state index in [1.165, 1.54) is 0 Å². The van der Waals surface area contributed by atoms with Gasteiger partial charge in [0.05, 0.1) is 6.61 Å². The molecule has 60 valence electrons. The summed E-state index contributed by atoms with van der Waals surface area (Å²) in [6.45, 7) is 0.474. The molecule has 0 radical (unpaired) electrons. The summed E-state index contributed by atoms with van der Waals surface area (Å²) in [4.78, 5) is 12.2. The first-order chi connectivity index (χ1) is 5.33. The third-order valence-corrected chi connectivity index (χ3v) is 1.39. The van der Waals surface area contributed by atoms with Gasteiger partial charge in [-0.05, 0) is 0 Å². The van der Waals surface area contributed by atoms with Gasteiger partial charge < -0.3 is 9.47 Å². The summed E-state index contributed by atoms with van der Waals surface area (Å²) in [5.74, 6) is -0.325. The van der Waals surface area contributed by atoms with E-state index in [9.17, 15) is 4.79 Å². The molecule has 11 heavy (non-hydrogen) atoms. The normalized spacial score (nSPS) is 23.4. The molecule has 0 amide bonds. The second kappa shape index (κ2) is 4.34. The Labute approximate surface area is 72.8 Å². The van der Waals surface area contributed by atoms with E-state index in [1.54, 1.807) is 11.1 Å². The summed E-state index contributed by atoms with van der Waals surface area (Å²) in [6.07, 6.45) is 1.34. The minimum Gasteiger partial charge on any atom is -0.453 e. The SMILES string of the molecule is O=C1COC[C@@H](C=C=CBr)O1. The molecule has 0 aromatic rings. The Morgan fingerprint density at radius 3 is 3.18 bits per heavy atom. The van der Waals surface area contributed by atoms with E-state index in [4.69, 9.17) is 9.47 Å². The molecule has 1 aliphatic rings. The summed E-state index contributed by atoms with van der Waals surface area (Å²) in [5, 5.41) is 0. The van der Waals surface area contributed by atoms with Crippen LogP contribution in [0.25, 0.3) is 0 Å². The quantitative estimate of drug-likeness (QED) is 0.487. The Morgan fingerprint density at radius 2 is 2.55 bits per heavy atom. The van der Waals surface area contributed by atoms with Gasteiger partial charge in [0, 0.05) is 11.1 Å². The number of carbonyl (C=O) groups is 1. The maximum Gasteiger partial charge on any atom is 0.332 e. The van der Waals surface area contributed by atoms with Crippen molar-refractivity contribution in [3.05, 3.63) is 16.8 Å². The summed E-state index contributed by atoms with van der Waals surface area (Å²) < 4.78 is 9.78. The zero-order valence-electron chi connectivity index (χ0n) is 5.75. The molecule has 1 heterocycles. The zero-order chi connectivity index (χ0) is 8.10. The van der Waals surface area contributed by atoms with Crippen LogP contribution >= 0.6 is 15.9 Å². The van der Waals surface area contributed by atoms with E-state index in [0.29, 0.717) is 6.61 Å². The predicted octanol–water partition coefficient (Wildman–Crippen LogP) is 0.992. The monoisotopic (exact) mass is 218 g/mol. The highest BCUT2D eigenvalue weighted by Crippen LogP contribution is 2.02. The second-order valence-corrected chi connectivity index (χ2v) is 2.44. The van der Waals surface area contributed by atoms with Crippen molar-refractivity contribution >= 4 is 21.9 Å². The van der Waals surface area contributed by atoms with Crippen LogP contribution in [0.15, 0.2) is 16.8 Å². The lowest BCUT2D eigenvalue weighted by Crippen LogP contribution is -2.30. The number of cyclic esters (lactones) is 1. The van der Waals surface area contributed by atoms with E-state index in [1.807, 2.05) is 0 Å². The zero-order valence-corrected chi connectivity index (χ0v) is 7.33. The smallest absolute Gasteiger partial charge is 0.332 e. The maximum absolute atomic E-state index is 10.6. The van der Waals surface area contributed by atoms with Gasteiger partial charge in [0.25, 0.3) is 0 Å². The summed E-state index contributed by atoms with van der Waals surface area (Å²) in [5.41, 5.74) is 2.75. The van der Waals surface area contributed by atoms with E-state index >= 15 is 0 Å². The molecule has 0 bridgehead atoms.